The quantitative estimate of drug-likeness (QED) is 0.908. The number of anilines is 2. The van der Waals surface area contributed by atoms with E-state index >= 15 is 0 Å². The second kappa shape index (κ2) is 6.13. The Morgan fingerprint density at radius 3 is 2.52 bits per heavy atom. The molecule has 1 aliphatic rings. The summed E-state index contributed by atoms with van der Waals surface area (Å²) >= 11 is 0. The average Bonchev–Trinajstić information content (AvgIpc) is 2.92. The molecule has 6 heteroatoms. The Bertz CT molecular complexity index is 568. The van der Waals surface area contributed by atoms with Crippen molar-refractivity contribution >= 4 is 11.5 Å². The number of hydrogen-bond acceptors (Lipinski definition) is 5. The summed E-state index contributed by atoms with van der Waals surface area (Å²) in [4.78, 5) is 13.5. The van der Waals surface area contributed by atoms with Crippen LogP contribution in [-0.2, 0) is 6.54 Å². The Balaban J connectivity index is 1.49. The summed E-state index contributed by atoms with van der Waals surface area (Å²) in [6.07, 6.45) is 5.63. The number of nitrogen functional groups attached to an aromatic ring is 1. The topological polar surface area (TPSA) is 63.2 Å². The van der Waals surface area contributed by atoms with Crippen LogP contribution in [0.1, 0.15) is 5.82 Å². The molecule has 0 bridgehead atoms. The maximum Gasteiger partial charge on any atom is 0.128 e. The first-order valence-electron chi connectivity index (χ1n) is 7.39. The summed E-state index contributed by atoms with van der Waals surface area (Å²) in [6.45, 7) is 8.29. The van der Waals surface area contributed by atoms with Gasteiger partial charge in [-0.3, -0.25) is 4.90 Å². The van der Waals surface area contributed by atoms with E-state index in [-0.39, 0.29) is 0 Å². The molecular formula is C15H22N6. The van der Waals surface area contributed by atoms with Gasteiger partial charge < -0.3 is 15.2 Å². The molecule has 0 amide bonds. The van der Waals surface area contributed by atoms with Gasteiger partial charge in [-0.05, 0) is 19.1 Å². The molecule has 3 heterocycles. The number of imidazole rings is 1. The normalized spacial score (nSPS) is 16.3. The van der Waals surface area contributed by atoms with Gasteiger partial charge in [0, 0.05) is 51.7 Å². The van der Waals surface area contributed by atoms with Gasteiger partial charge in [-0.25, -0.2) is 9.97 Å². The van der Waals surface area contributed by atoms with Crippen LogP contribution in [0, 0.1) is 6.92 Å². The van der Waals surface area contributed by atoms with Crippen molar-refractivity contribution in [1.82, 2.24) is 19.4 Å². The van der Waals surface area contributed by atoms with Crippen LogP contribution in [0.5, 0.6) is 0 Å². The number of aromatic nitrogens is 3. The fourth-order valence-corrected chi connectivity index (χ4v) is 2.67. The molecule has 2 aromatic rings. The maximum absolute atomic E-state index is 5.68. The smallest absolute Gasteiger partial charge is 0.128 e. The largest absolute Gasteiger partial charge is 0.397 e. The van der Waals surface area contributed by atoms with Crippen LogP contribution >= 0.6 is 0 Å². The zero-order valence-electron chi connectivity index (χ0n) is 12.4. The van der Waals surface area contributed by atoms with E-state index in [9.17, 15) is 0 Å². The molecule has 1 fully saturated rings. The number of nitrogens with zero attached hydrogens (tertiary/aromatic N) is 5. The predicted molar refractivity (Wildman–Crippen MR) is 84.3 cm³/mol. The van der Waals surface area contributed by atoms with Crippen LogP contribution in [0.25, 0.3) is 0 Å². The molecule has 0 radical (unpaired) electrons. The summed E-state index contributed by atoms with van der Waals surface area (Å²) in [5.74, 6) is 2.11. The Morgan fingerprint density at radius 2 is 1.90 bits per heavy atom. The molecule has 0 spiro atoms. The van der Waals surface area contributed by atoms with Crippen molar-refractivity contribution in [2.24, 2.45) is 0 Å². The zero-order chi connectivity index (χ0) is 14.7. The second-order valence-corrected chi connectivity index (χ2v) is 5.45. The third-order valence-electron chi connectivity index (χ3n) is 4.05. The Morgan fingerprint density at radius 1 is 1.10 bits per heavy atom. The molecule has 0 atom stereocenters. The Hall–Kier alpha value is -2.08. The monoisotopic (exact) mass is 286 g/mol. The zero-order valence-corrected chi connectivity index (χ0v) is 12.4. The van der Waals surface area contributed by atoms with Crippen molar-refractivity contribution in [3.8, 4) is 0 Å². The summed E-state index contributed by atoms with van der Waals surface area (Å²) < 4.78 is 2.20. The first-order valence-corrected chi connectivity index (χ1v) is 7.39. The molecule has 3 rings (SSSR count). The van der Waals surface area contributed by atoms with Gasteiger partial charge in [-0.1, -0.05) is 0 Å². The lowest BCUT2D eigenvalue weighted by Crippen LogP contribution is -2.47. The van der Waals surface area contributed by atoms with Crippen LogP contribution in [0.15, 0.2) is 30.7 Å². The van der Waals surface area contributed by atoms with E-state index < -0.39 is 0 Å². The van der Waals surface area contributed by atoms with Gasteiger partial charge >= 0.3 is 0 Å². The van der Waals surface area contributed by atoms with Gasteiger partial charge in [0.2, 0.25) is 0 Å². The molecular weight excluding hydrogens is 264 g/mol. The van der Waals surface area contributed by atoms with Crippen LogP contribution in [0.2, 0.25) is 0 Å². The highest BCUT2D eigenvalue weighted by Crippen LogP contribution is 2.14. The average molecular weight is 286 g/mol. The van der Waals surface area contributed by atoms with Gasteiger partial charge in [0.05, 0.1) is 11.9 Å². The Kier molecular flexibility index (Phi) is 4.06. The lowest BCUT2D eigenvalue weighted by Gasteiger charge is -2.35. The van der Waals surface area contributed by atoms with E-state index in [0.29, 0.717) is 5.69 Å². The number of pyridine rings is 1. The standard InChI is InChI=1S/C15H22N6/c1-13-17-4-5-20(13)9-6-19-7-10-21(11-8-19)15-3-2-14(16)12-18-15/h2-5,12H,6-11,16H2,1H3. The van der Waals surface area contributed by atoms with Crippen molar-refractivity contribution in [2.45, 2.75) is 13.5 Å². The molecule has 6 nitrogen and oxygen atoms in total. The summed E-state index contributed by atoms with van der Waals surface area (Å²) in [6, 6.07) is 3.91. The molecule has 0 aliphatic carbocycles. The predicted octanol–water partition coefficient (Wildman–Crippen LogP) is 0.991. The van der Waals surface area contributed by atoms with Gasteiger partial charge in [0.1, 0.15) is 11.6 Å². The molecule has 1 aliphatic heterocycles. The minimum Gasteiger partial charge on any atom is -0.397 e. The highest BCUT2D eigenvalue weighted by Gasteiger charge is 2.17. The maximum atomic E-state index is 5.68. The number of piperazine rings is 1. The van der Waals surface area contributed by atoms with E-state index in [0.717, 1.165) is 50.9 Å². The third-order valence-corrected chi connectivity index (χ3v) is 4.05. The minimum absolute atomic E-state index is 0.716. The van der Waals surface area contributed by atoms with E-state index in [2.05, 4.69) is 24.3 Å². The van der Waals surface area contributed by atoms with E-state index in [4.69, 9.17) is 5.73 Å². The van der Waals surface area contributed by atoms with Crippen molar-refractivity contribution < 1.29 is 0 Å². The molecule has 112 valence electrons. The second-order valence-electron chi connectivity index (χ2n) is 5.45. The van der Waals surface area contributed by atoms with Crippen LogP contribution in [-0.4, -0.2) is 52.2 Å². The fourth-order valence-electron chi connectivity index (χ4n) is 2.67. The number of aryl methyl sites for hydroxylation is 1. The Labute approximate surface area is 125 Å². The van der Waals surface area contributed by atoms with Gasteiger partial charge in [-0.2, -0.15) is 0 Å². The summed E-state index contributed by atoms with van der Waals surface area (Å²) in [5, 5.41) is 0. The number of nitrogens with two attached hydrogens (primary N) is 1. The van der Waals surface area contributed by atoms with Crippen LogP contribution < -0.4 is 10.6 Å². The van der Waals surface area contributed by atoms with Gasteiger partial charge in [0.25, 0.3) is 0 Å². The number of hydrogen-bond donors (Lipinski definition) is 1. The van der Waals surface area contributed by atoms with Gasteiger partial charge in [-0.15, -0.1) is 0 Å². The SMILES string of the molecule is Cc1nccn1CCN1CCN(c2ccc(N)cn2)CC1. The van der Waals surface area contributed by atoms with Crippen molar-refractivity contribution in [3.63, 3.8) is 0 Å². The minimum atomic E-state index is 0.716. The lowest BCUT2D eigenvalue weighted by atomic mass is 10.3. The molecule has 2 aromatic heterocycles. The lowest BCUT2D eigenvalue weighted by molar-refractivity contribution is 0.247. The van der Waals surface area contributed by atoms with Gasteiger partial charge in [0.15, 0.2) is 0 Å². The molecule has 21 heavy (non-hydrogen) atoms. The number of rotatable bonds is 4. The third kappa shape index (κ3) is 3.33. The van der Waals surface area contributed by atoms with Crippen molar-refractivity contribution in [3.05, 3.63) is 36.5 Å². The van der Waals surface area contributed by atoms with E-state index in [1.807, 2.05) is 31.5 Å². The molecule has 0 saturated carbocycles. The van der Waals surface area contributed by atoms with Crippen LogP contribution in [0.3, 0.4) is 0 Å². The molecule has 1 saturated heterocycles. The van der Waals surface area contributed by atoms with Crippen molar-refractivity contribution in [1.29, 1.82) is 0 Å². The fraction of sp³-hybridized carbons (Fsp3) is 0.467. The van der Waals surface area contributed by atoms with E-state index in [1.165, 1.54) is 0 Å². The highest BCUT2D eigenvalue weighted by molar-refractivity contribution is 5.46. The van der Waals surface area contributed by atoms with Crippen molar-refractivity contribution in [2.75, 3.05) is 43.4 Å². The summed E-state index contributed by atoms with van der Waals surface area (Å²) in [5.41, 5.74) is 6.40. The molecule has 0 aromatic carbocycles. The molecule has 2 N–H and O–H groups in total. The first kappa shape index (κ1) is 13.9. The molecule has 0 unspecified atom stereocenters. The first-order chi connectivity index (χ1) is 10.2. The van der Waals surface area contributed by atoms with Crippen LogP contribution in [0.4, 0.5) is 11.5 Å². The van der Waals surface area contributed by atoms with E-state index in [1.54, 1.807) is 6.20 Å². The summed E-state index contributed by atoms with van der Waals surface area (Å²) in [7, 11) is 0. The highest BCUT2D eigenvalue weighted by atomic mass is 15.3.